The highest BCUT2D eigenvalue weighted by molar-refractivity contribution is 6.08. The Hall–Kier alpha value is -4.07. The number of nitro groups is 1. The van der Waals surface area contributed by atoms with Gasteiger partial charge >= 0.3 is 0 Å². The molecule has 0 aliphatic carbocycles. The molecule has 8 heteroatoms. The summed E-state index contributed by atoms with van der Waals surface area (Å²) in [6.45, 7) is 1.91. The molecule has 1 amide bonds. The van der Waals surface area contributed by atoms with E-state index in [2.05, 4.69) is 10.3 Å². The maximum atomic E-state index is 13.4. The summed E-state index contributed by atoms with van der Waals surface area (Å²) in [5, 5.41) is 14.0. The fraction of sp³-hybridized carbons (Fsp3) is 0.0476. The first-order chi connectivity index (χ1) is 13.9. The quantitative estimate of drug-likeness (QED) is 0.407. The Morgan fingerprint density at radius 1 is 1.14 bits per heavy atom. The predicted molar refractivity (Wildman–Crippen MR) is 106 cm³/mol. The van der Waals surface area contributed by atoms with Gasteiger partial charge in [-0.25, -0.2) is 9.37 Å². The van der Waals surface area contributed by atoms with Gasteiger partial charge in [-0.15, -0.1) is 0 Å². The van der Waals surface area contributed by atoms with E-state index in [9.17, 15) is 19.3 Å². The second-order valence-electron chi connectivity index (χ2n) is 6.48. The van der Waals surface area contributed by atoms with Crippen LogP contribution in [0, 0.1) is 22.9 Å². The van der Waals surface area contributed by atoms with E-state index in [0.29, 0.717) is 22.7 Å². The maximum absolute atomic E-state index is 13.4. The van der Waals surface area contributed by atoms with Crippen LogP contribution in [0.1, 0.15) is 15.9 Å². The molecule has 0 aliphatic heterocycles. The summed E-state index contributed by atoms with van der Waals surface area (Å²) >= 11 is 0. The molecular formula is C21H15FN4O3. The van der Waals surface area contributed by atoms with Gasteiger partial charge in [-0.1, -0.05) is 12.1 Å². The summed E-state index contributed by atoms with van der Waals surface area (Å²) in [7, 11) is 0. The highest BCUT2D eigenvalue weighted by atomic mass is 19.1. The SMILES string of the molecule is Cc1ccn2c(NC(=O)c3ccccc3[N+](=O)[O-])c(-c3ccc(F)cc3)nc2c1. The third-order valence-electron chi connectivity index (χ3n) is 4.48. The number of amides is 1. The smallest absolute Gasteiger partial charge is 0.282 e. The number of aromatic nitrogens is 2. The van der Waals surface area contributed by atoms with Crippen LogP contribution in [-0.4, -0.2) is 20.2 Å². The molecular weight excluding hydrogens is 375 g/mol. The molecule has 2 aromatic carbocycles. The number of para-hydroxylation sites is 1. The van der Waals surface area contributed by atoms with Crippen LogP contribution >= 0.6 is 0 Å². The Kier molecular flexibility index (Phi) is 4.52. The number of imidazole rings is 1. The highest BCUT2D eigenvalue weighted by Gasteiger charge is 2.22. The van der Waals surface area contributed by atoms with Gasteiger partial charge in [0.25, 0.3) is 11.6 Å². The number of anilines is 1. The molecule has 4 aromatic rings. The van der Waals surface area contributed by atoms with E-state index < -0.39 is 10.8 Å². The van der Waals surface area contributed by atoms with E-state index in [1.165, 1.54) is 30.3 Å². The van der Waals surface area contributed by atoms with E-state index in [0.717, 1.165) is 5.56 Å². The van der Waals surface area contributed by atoms with Gasteiger partial charge in [-0.3, -0.25) is 19.3 Å². The molecule has 1 N–H and O–H groups in total. The fourth-order valence-corrected chi connectivity index (χ4v) is 3.07. The molecule has 2 aromatic heterocycles. The number of benzene rings is 2. The molecule has 144 valence electrons. The van der Waals surface area contributed by atoms with Gasteiger partial charge in [-0.05, 0) is 55.0 Å². The maximum Gasteiger partial charge on any atom is 0.282 e. The van der Waals surface area contributed by atoms with Gasteiger partial charge in [0, 0.05) is 17.8 Å². The third-order valence-corrected chi connectivity index (χ3v) is 4.48. The van der Waals surface area contributed by atoms with Crippen molar-refractivity contribution in [1.29, 1.82) is 0 Å². The summed E-state index contributed by atoms with van der Waals surface area (Å²) in [5.41, 5.74) is 2.24. The lowest BCUT2D eigenvalue weighted by Gasteiger charge is -2.08. The van der Waals surface area contributed by atoms with Crippen molar-refractivity contribution in [2.24, 2.45) is 0 Å². The van der Waals surface area contributed by atoms with Crippen molar-refractivity contribution < 1.29 is 14.1 Å². The Labute approximate surface area is 164 Å². The van der Waals surface area contributed by atoms with Gasteiger partial charge < -0.3 is 5.32 Å². The topological polar surface area (TPSA) is 89.5 Å². The van der Waals surface area contributed by atoms with Crippen molar-refractivity contribution in [3.63, 3.8) is 0 Å². The normalized spacial score (nSPS) is 10.8. The molecule has 0 atom stereocenters. The van der Waals surface area contributed by atoms with Gasteiger partial charge in [0.15, 0.2) is 0 Å². The molecule has 0 unspecified atom stereocenters. The Balaban J connectivity index is 1.84. The second-order valence-corrected chi connectivity index (χ2v) is 6.48. The lowest BCUT2D eigenvalue weighted by molar-refractivity contribution is -0.385. The first-order valence-corrected chi connectivity index (χ1v) is 8.73. The van der Waals surface area contributed by atoms with Crippen LogP contribution in [0.3, 0.4) is 0 Å². The van der Waals surface area contributed by atoms with Crippen molar-refractivity contribution >= 4 is 23.1 Å². The van der Waals surface area contributed by atoms with Gasteiger partial charge in [0.1, 0.15) is 28.5 Å². The summed E-state index contributed by atoms with van der Waals surface area (Å²) < 4.78 is 15.0. The summed E-state index contributed by atoms with van der Waals surface area (Å²) in [6, 6.07) is 15.1. The number of carbonyl (C=O) groups is 1. The number of nitrogens with zero attached hydrogens (tertiary/aromatic N) is 3. The molecule has 0 saturated heterocycles. The first-order valence-electron chi connectivity index (χ1n) is 8.73. The first kappa shape index (κ1) is 18.3. The largest absolute Gasteiger partial charge is 0.306 e. The molecule has 29 heavy (non-hydrogen) atoms. The lowest BCUT2D eigenvalue weighted by atomic mass is 10.1. The lowest BCUT2D eigenvalue weighted by Crippen LogP contribution is -2.15. The van der Waals surface area contributed by atoms with E-state index >= 15 is 0 Å². The van der Waals surface area contributed by atoms with Gasteiger partial charge in [0.05, 0.1) is 4.92 Å². The molecule has 0 aliphatic rings. The van der Waals surface area contributed by atoms with Crippen LogP contribution in [0.25, 0.3) is 16.9 Å². The average molecular weight is 390 g/mol. The Morgan fingerprint density at radius 3 is 2.59 bits per heavy atom. The number of nitrogens with one attached hydrogen (secondary N) is 1. The van der Waals surface area contributed by atoms with Crippen LogP contribution in [0.4, 0.5) is 15.9 Å². The third kappa shape index (κ3) is 3.43. The van der Waals surface area contributed by atoms with Crippen molar-refractivity contribution in [2.45, 2.75) is 6.92 Å². The average Bonchev–Trinajstić information content (AvgIpc) is 3.05. The number of carbonyl (C=O) groups excluding carboxylic acids is 1. The molecule has 0 saturated carbocycles. The second kappa shape index (κ2) is 7.16. The molecule has 0 radical (unpaired) electrons. The Bertz CT molecular complexity index is 1250. The highest BCUT2D eigenvalue weighted by Crippen LogP contribution is 2.30. The Morgan fingerprint density at radius 2 is 1.86 bits per heavy atom. The number of pyridine rings is 1. The van der Waals surface area contributed by atoms with Gasteiger partial charge in [-0.2, -0.15) is 0 Å². The molecule has 0 fully saturated rings. The zero-order valence-electron chi connectivity index (χ0n) is 15.3. The molecule has 0 bridgehead atoms. The fourth-order valence-electron chi connectivity index (χ4n) is 3.07. The standard InChI is InChI=1S/C21H15FN4O3/c1-13-10-11-25-18(12-13)23-19(14-6-8-15(22)9-7-14)20(25)24-21(27)16-4-2-3-5-17(16)26(28)29/h2-12H,1H3,(H,24,27). The number of hydrogen-bond donors (Lipinski definition) is 1. The molecule has 2 heterocycles. The van der Waals surface area contributed by atoms with Crippen LogP contribution < -0.4 is 5.32 Å². The molecule has 4 rings (SSSR count). The minimum atomic E-state index is -0.636. The number of halogens is 1. The van der Waals surface area contributed by atoms with Crippen LogP contribution in [0.15, 0.2) is 66.9 Å². The monoisotopic (exact) mass is 390 g/mol. The van der Waals surface area contributed by atoms with Crippen molar-refractivity contribution in [2.75, 3.05) is 5.32 Å². The summed E-state index contributed by atoms with van der Waals surface area (Å²) in [4.78, 5) is 28.1. The number of hydrogen-bond acceptors (Lipinski definition) is 4. The molecule has 0 spiro atoms. The number of aryl methyl sites for hydroxylation is 1. The van der Waals surface area contributed by atoms with Crippen LogP contribution in [0.5, 0.6) is 0 Å². The van der Waals surface area contributed by atoms with E-state index in [1.807, 2.05) is 19.1 Å². The van der Waals surface area contributed by atoms with Crippen LogP contribution in [-0.2, 0) is 0 Å². The van der Waals surface area contributed by atoms with E-state index in [1.54, 1.807) is 28.8 Å². The van der Waals surface area contributed by atoms with Gasteiger partial charge in [0.2, 0.25) is 0 Å². The number of fused-ring (bicyclic) bond motifs is 1. The van der Waals surface area contributed by atoms with Crippen molar-refractivity contribution in [1.82, 2.24) is 9.38 Å². The minimum absolute atomic E-state index is 0.0652. The predicted octanol–water partition coefficient (Wildman–Crippen LogP) is 4.61. The van der Waals surface area contributed by atoms with Crippen molar-refractivity contribution in [3.05, 3.63) is 93.9 Å². The minimum Gasteiger partial charge on any atom is -0.306 e. The van der Waals surface area contributed by atoms with E-state index in [-0.39, 0.29) is 17.1 Å². The zero-order valence-corrected chi connectivity index (χ0v) is 15.3. The van der Waals surface area contributed by atoms with E-state index in [4.69, 9.17) is 0 Å². The zero-order chi connectivity index (χ0) is 20.5. The molecule has 7 nitrogen and oxygen atoms in total. The summed E-state index contributed by atoms with van der Waals surface area (Å²) in [6.07, 6.45) is 1.75. The number of rotatable bonds is 4. The number of nitro benzene ring substituents is 1. The van der Waals surface area contributed by atoms with Crippen molar-refractivity contribution in [3.8, 4) is 11.3 Å². The van der Waals surface area contributed by atoms with Crippen LogP contribution in [0.2, 0.25) is 0 Å². The summed E-state index contributed by atoms with van der Waals surface area (Å²) in [5.74, 6) is -0.684.